The molecule has 6 heteroatoms. The first kappa shape index (κ1) is 13.5. The van der Waals surface area contributed by atoms with Crippen molar-refractivity contribution in [2.24, 2.45) is 5.92 Å². The molecule has 1 fully saturated rings. The SMILES string of the molecule is O=C(NCCNC(=O)C1CCOC1)c1cccnc1. The van der Waals surface area contributed by atoms with Gasteiger partial charge in [-0.15, -0.1) is 0 Å². The van der Waals surface area contributed by atoms with Gasteiger partial charge in [0.2, 0.25) is 5.91 Å². The maximum absolute atomic E-state index is 11.7. The lowest BCUT2D eigenvalue weighted by Crippen LogP contribution is -2.37. The first-order valence-corrected chi connectivity index (χ1v) is 6.31. The van der Waals surface area contributed by atoms with Gasteiger partial charge in [0.05, 0.1) is 18.1 Å². The summed E-state index contributed by atoms with van der Waals surface area (Å²) < 4.78 is 5.14. The third kappa shape index (κ3) is 4.03. The van der Waals surface area contributed by atoms with E-state index in [1.165, 1.54) is 6.20 Å². The van der Waals surface area contributed by atoms with E-state index >= 15 is 0 Å². The van der Waals surface area contributed by atoms with Crippen LogP contribution in [-0.2, 0) is 9.53 Å². The zero-order valence-corrected chi connectivity index (χ0v) is 10.6. The van der Waals surface area contributed by atoms with Gasteiger partial charge in [-0.1, -0.05) is 0 Å². The molecule has 1 aromatic rings. The molecule has 2 N–H and O–H groups in total. The summed E-state index contributed by atoms with van der Waals surface area (Å²) in [6, 6.07) is 3.40. The van der Waals surface area contributed by atoms with Gasteiger partial charge >= 0.3 is 0 Å². The summed E-state index contributed by atoms with van der Waals surface area (Å²) in [4.78, 5) is 27.2. The number of nitrogens with zero attached hydrogens (tertiary/aromatic N) is 1. The molecule has 19 heavy (non-hydrogen) atoms. The van der Waals surface area contributed by atoms with Crippen LogP contribution in [0, 0.1) is 5.92 Å². The van der Waals surface area contributed by atoms with Crippen molar-refractivity contribution >= 4 is 11.8 Å². The molecule has 0 radical (unpaired) electrons. The monoisotopic (exact) mass is 263 g/mol. The van der Waals surface area contributed by atoms with Crippen molar-refractivity contribution in [3.63, 3.8) is 0 Å². The number of hydrogen-bond donors (Lipinski definition) is 2. The fourth-order valence-electron chi connectivity index (χ4n) is 1.85. The van der Waals surface area contributed by atoms with Gasteiger partial charge < -0.3 is 15.4 Å². The molecule has 1 aliphatic rings. The van der Waals surface area contributed by atoms with E-state index in [-0.39, 0.29) is 17.7 Å². The molecule has 2 rings (SSSR count). The second-order valence-corrected chi connectivity index (χ2v) is 4.35. The lowest BCUT2D eigenvalue weighted by atomic mass is 10.1. The zero-order valence-electron chi connectivity index (χ0n) is 10.6. The number of carbonyl (C=O) groups is 2. The number of ether oxygens (including phenoxy) is 1. The highest BCUT2D eigenvalue weighted by molar-refractivity contribution is 5.93. The van der Waals surface area contributed by atoms with Crippen molar-refractivity contribution < 1.29 is 14.3 Å². The molecular weight excluding hydrogens is 246 g/mol. The highest BCUT2D eigenvalue weighted by atomic mass is 16.5. The number of rotatable bonds is 5. The Hall–Kier alpha value is -1.95. The summed E-state index contributed by atoms with van der Waals surface area (Å²) in [7, 11) is 0. The van der Waals surface area contributed by atoms with Crippen molar-refractivity contribution in [3.8, 4) is 0 Å². The van der Waals surface area contributed by atoms with Crippen molar-refractivity contribution in [1.82, 2.24) is 15.6 Å². The van der Waals surface area contributed by atoms with Crippen LogP contribution in [0.25, 0.3) is 0 Å². The number of nitrogens with one attached hydrogen (secondary N) is 2. The minimum Gasteiger partial charge on any atom is -0.381 e. The molecule has 2 amide bonds. The summed E-state index contributed by atoms with van der Waals surface area (Å²) in [6.07, 6.45) is 3.89. The molecule has 102 valence electrons. The zero-order chi connectivity index (χ0) is 13.5. The molecule has 0 saturated carbocycles. The summed E-state index contributed by atoms with van der Waals surface area (Å²) in [6.45, 7) is 1.96. The van der Waals surface area contributed by atoms with Gasteiger partial charge in [0.1, 0.15) is 0 Å². The van der Waals surface area contributed by atoms with Crippen LogP contribution in [0.1, 0.15) is 16.8 Å². The number of aromatic nitrogens is 1. The smallest absolute Gasteiger partial charge is 0.252 e. The first-order chi connectivity index (χ1) is 9.27. The van der Waals surface area contributed by atoms with E-state index in [0.717, 1.165) is 6.42 Å². The predicted molar refractivity (Wildman–Crippen MR) is 68.5 cm³/mol. The summed E-state index contributed by atoms with van der Waals surface area (Å²) >= 11 is 0. The van der Waals surface area contributed by atoms with Gasteiger partial charge in [-0.25, -0.2) is 0 Å². The average Bonchev–Trinajstić information content (AvgIpc) is 2.98. The van der Waals surface area contributed by atoms with E-state index in [1.807, 2.05) is 0 Å². The third-order valence-electron chi connectivity index (χ3n) is 2.93. The number of pyridine rings is 1. The standard InChI is InChI=1S/C13H17N3O3/c17-12(10-2-1-4-14-8-10)15-5-6-16-13(18)11-3-7-19-9-11/h1-2,4,8,11H,3,5-7,9H2,(H,15,17)(H,16,18). The molecule has 1 unspecified atom stereocenters. The van der Waals surface area contributed by atoms with E-state index in [1.54, 1.807) is 18.3 Å². The molecule has 1 saturated heterocycles. The maximum Gasteiger partial charge on any atom is 0.252 e. The van der Waals surface area contributed by atoms with Crippen molar-refractivity contribution in [2.45, 2.75) is 6.42 Å². The third-order valence-corrected chi connectivity index (χ3v) is 2.93. The van der Waals surface area contributed by atoms with Crippen LogP contribution < -0.4 is 10.6 Å². The maximum atomic E-state index is 11.7. The van der Waals surface area contributed by atoms with Crippen LogP contribution in [0.3, 0.4) is 0 Å². The Morgan fingerprint density at radius 3 is 2.89 bits per heavy atom. The van der Waals surface area contributed by atoms with Crippen molar-refractivity contribution in [2.75, 3.05) is 26.3 Å². The molecule has 1 atom stereocenters. The Morgan fingerprint density at radius 2 is 2.21 bits per heavy atom. The van der Waals surface area contributed by atoms with E-state index in [4.69, 9.17) is 4.74 Å². The van der Waals surface area contributed by atoms with Gasteiger partial charge in [-0.05, 0) is 18.6 Å². The van der Waals surface area contributed by atoms with Crippen LogP contribution in [-0.4, -0.2) is 43.1 Å². The molecule has 0 aliphatic carbocycles. The fraction of sp³-hybridized carbons (Fsp3) is 0.462. The van der Waals surface area contributed by atoms with E-state index < -0.39 is 0 Å². The van der Waals surface area contributed by atoms with Crippen LogP contribution in [0.5, 0.6) is 0 Å². The van der Waals surface area contributed by atoms with E-state index in [2.05, 4.69) is 15.6 Å². The Balaban J connectivity index is 1.64. The van der Waals surface area contributed by atoms with E-state index in [9.17, 15) is 9.59 Å². The average molecular weight is 263 g/mol. The van der Waals surface area contributed by atoms with Gasteiger partial charge in [0.25, 0.3) is 5.91 Å². The predicted octanol–water partition coefficient (Wildman–Crippen LogP) is -0.0359. The second kappa shape index (κ2) is 6.84. The van der Waals surface area contributed by atoms with Crippen LogP contribution in [0.4, 0.5) is 0 Å². The Bertz CT molecular complexity index is 430. The van der Waals surface area contributed by atoms with Crippen LogP contribution in [0.15, 0.2) is 24.5 Å². The molecule has 1 aliphatic heterocycles. The molecule has 0 aromatic carbocycles. The minimum atomic E-state index is -0.188. The largest absolute Gasteiger partial charge is 0.381 e. The molecule has 0 spiro atoms. The second-order valence-electron chi connectivity index (χ2n) is 4.35. The van der Waals surface area contributed by atoms with Crippen molar-refractivity contribution in [3.05, 3.63) is 30.1 Å². The van der Waals surface area contributed by atoms with Gasteiger partial charge in [-0.2, -0.15) is 0 Å². The fourth-order valence-corrected chi connectivity index (χ4v) is 1.85. The lowest BCUT2D eigenvalue weighted by Gasteiger charge is -2.09. The minimum absolute atomic E-state index is 0.00636. The van der Waals surface area contributed by atoms with E-state index in [0.29, 0.717) is 31.9 Å². The van der Waals surface area contributed by atoms with Gasteiger partial charge in [0.15, 0.2) is 0 Å². The quantitative estimate of drug-likeness (QED) is 0.731. The highest BCUT2D eigenvalue weighted by Gasteiger charge is 2.22. The molecule has 0 bridgehead atoms. The molecule has 1 aromatic heterocycles. The number of carbonyl (C=O) groups excluding carboxylic acids is 2. The van der Waals surface area contributed by atoms with Gasteiger partial charge in [-0.3, -0.25) is 14.6 Å². The number of hydrogen-bond acceptors (Lipinski definition) is 4. The normalized spacial score (nSPS) is 18.0. The summed E-state index contributed by atoms with van der Waals surface area (Å²) in [5.74, 6) is -0.242. The summed E-state index contributed by atoms with van der Waals surface area (Å²) in [5, 5.41) is 5.50. The molecular formula is C13H17N3O3. The topological polar surface area (TPSA) is 80.3 Å². The highest BCUT2D eigenvalue weighted by Crippen LogP contribution is 2.11. The Labute approximate surface area is 111 Å². The Morgan fingerprint density at radius 1 is 1.37 bits per heavy atom. The van der Waals surface area contributed by atoms with Crippen molar-refractivity contribution in [1.29, 1.82) is 0 Å². The first-order valence-electron chi connectivity index (χ1n) is 6.31. The van der Waals surface area contributed by atoms with Crippen LogP contribution >= 0.6 is 0 Å². The Kier molecular flexibility index (Phi) is 4.85. The summed E-state index contributed by atoms with van der Waals surface area (Å²) in [5.41, 5.74) is 0.512. The molecule has 2 heterocycles. The van der Waals surface area contributed by atoms with Crippen LogP contribution in [0.2, 0.25) is 0 Å². The molecule has 6 nitrogen and oxygen atoms in total. The lowest BCUT2D eigenvalue weighted by molar-refractivity contribution is -0.124. The van der Waals surface area contributed by atoms with Gasteiger partial charge in [0, 0.05) is 32.1 Å². The number of amides is 2.